The number of amides is 2. The number of nitrogens with one attached hydrogen (secondary N) is 1. The second-order valence-corrected chi connectivity index (χ2v) is 7.03. The molecule has 2 amide bonds. The number of fused-ring (bicyclic) bond motifs is 2. The van der Waals surface area contributed by atoms with Crippen molar-refractivity contribution in [2.75, 3.05) is 11.4 Å². The summed E-state index contributed by atoms with van der Waals surface area (Å²) >= 11 is 0. The van der Waals surface area contributed by atoms with Crippen molar-refractivity contribution in [1.29, 1.82) is 0 Å². The molecule has 4 atom stereocenters. The molecule has 4 rings (SSSR count). The zero-order valence-electron chi connectivity index (χ0n) is 12.7. The third-order valence-electron chi connectivity index (χ3n) is 5.63. The van der Waals surface area contributed by atoms with E-state index in [1.165, 1.54) is 19.3 Å². The van der Waals surface area contributed by atoms with E-state index in [9.17, 15) is 9.59 Å². The molecule has 2 bridgehead atoms. The van der Waals surface area contributed by atoms with Crippen LogP contribution in [0.4, 0.5) is 5.69 Å². The quantitative estimate of drug-likeness (QED) is 0.931. The number of anilines is 1. The molecule has 0 aromatic heterocycles. The highest BCUT2D eigenvalue weighted by atomic mass is 16.2. The van der Waals surface area contributed by atoms with Crippen LogP contribution in [0.3, 0.4) is 0 Å². The first-order chi connectivity index (χ1) is 10.7. The Labute approximate surface area is 130 Å². The summed E-state index contributed by atoms with van der Waals surface area (Å²) in [7, 11) is 0. The molecular weight excluding hydrogens is 276 g/mol. The molecule has 1 aliphatic heterocycles. The molecule has 3 fully saturated rings. The van der Waals surface area contributed by atoms with Crippen molar-refractivity contribution in [3.05, 3.63) is 30.3 Å². The Morgan fingerprint density at radius 3 is 2.64 bits per heavy atom. The molecular formula is C18H22N2O2. The molecule has 1 saturated heterocycles. The molecule has 0 spiro atoms. The molecule has 4 heteroatoms. The molecule has 1 aromatic rings. The van der Waals surface area contributed by atoms with Crippen molar-refractivity contribution in [3.8, 4) is 0 Å². The van der Waals surface area contributed by atoms with Gasteiger partial charge in [-0.1, -0.05) is 24.6 Å². The second-order valence-electron chi connectivity index (χ2n) is 7.03. The number of rotatable bonds is 3. The highest BCUT2D eigenvalue weighted by Gasteiger charge is 2.42. The Balaban J connectivity index is 1.39. The number of carbonyl (C=O) groups excluding carboxylic acids is 2. The van der Waals surface area contributed by atoms with Crippen LogP contribution >= 0.6 is 0 Å². The monoisotopic (exact) mass is 298 g/mol. The van der Waals surface area contributed by atoms with E-state index in [0.29, 0.717) is 24.9 Å². The lowest BCUT2D eigenvalue weighted by atomic mass is 9.94. The summed E-state index contributed by atoms with van der Waals surface area (Å²) in [5, 5.41) is 3.23. The first-order valence-electron chi connectivity index (χ1n) is 8.36. The second kappa shape index (κ2) is 5.41. The Hall–Kier alpha value is -1.84. The minimum absolute atomic E-state index is 0.0549. The fourth-order valence-electron chi connectivity index (χ4n) is 4.46. The predicted octanol–water partition coefficient (Wildman–Crippen LogP) is 2.34. The van der Waals surface area contributed by atoms with Gasteiger partial charge in [0.1, 0.15) is 0 Å². The van der Waals surface area contributed by atoms with Crippen molar-refractivity contribution in [2.24, 2.45) is 17.8 Å². The van der Waals surface area contributed by atoms with Crippen LogP contribution in [0.1, 0.15) is 32.1 Å². The number of hydrogen-bond acceptors (Lipinski definition) is 2. The van der Waals surface area contributed by atoms with Gasteiger partial charge in [0.25, 0.3) is 0 Å². The topological polar surface area (TPSA) is 49.4 Å². The van der Waals surface area contributed by atoms with Gasteiger partial charge in [-0.2, -0.15) is 0 Å². The Morgan fingerprint density at radius 2 is 1.95 bits per heavy atom. The number of carbonyl (C=O) groups is 2. The van der Waals surface area contributed by atoms with Crippen molar-refractivity contribution in [2.45, 2.75) is 38.1 Å². The molecule has 0 unspecified atom stereocenters. The van der Waals surface area contributed by atoms with Crippen LogP contribution in [0.25, 0.3) is 0 Å². The van der Waals surface area contributed by atoms with Crippen LogP contribution in [0, 0.1) is 17.8 Å². The Kier molecular flexibility index (Phi) is 3.40. The number of nitrogens with zero attached hydrogens (tertiary/aromatic N) is 1. The van der Waals surface area contributed by atoms with Crippen LogP contribution in [0.5, 0.6) is 0 Å². The van der Waals surface area contributed by atoms with E-state index in [2.05, 4.69) is 5.32 Å². The largest absolute Gasteiger partial charge is 0.353 e. The van der Waals surface area contributed by atoms with Crippen molar-refractivity contribution < 1.29 is 9.59 Å². The number of para-hydroxylation sites is 1. The van der Waals surface area contributed by atoms with Gasteiger partial charge in [0, 0.05) is 24.7 Å². The van der Waals surface area contributed by atoms with Crippen LogP contribution < -0.4 is 10.2 Å². The van der Waals surface area contributed by atoms with E-state index < -0.39 is 0 Å². The smallest absolute Gasteiger partial charge is 0.227 e. The van der Waals surface area contributed by atoms with Crippen LogP contribution in [-0.4, -0.2) is 24.4 Å². The van der Waals surface area contributed by atoms with E-state index in [1.54, 1.807) is 4.90 Å². The average Bonchev–Trinajstić information content (AvgIpc) is 3.23. The van der Waals surface area contributed by atoms with Gasteiger partial charge < -0.3 is 10.2 Å². The first-order valence-corrected chi connectivity index (χ1v) is 8.36. The van der Waals surface area contributed by atoms with Gasteiger partial charge in [-0.25, -0.2) is 0 Å². The summed E-state index contributed by atoms with van der Waals surface area (Å²) in [6.07, 6.45) is 5.35. The molecule has 1 heterocycles. The molecule has 2 aliphatic carbocycles. The van der Waals surface area contributed by atoms with Crippen LogP contribution in [0.2, 0.25) is 0 Å². The highest BCUT2D eigenvalue weighted by Crippen LogP contribution is 2.44. The Bertz CT molecular complexity index is 586. The van der Waals surface area contributed by atoms with Gasteiger partial charge in [-0.3, -0.25) is 9.59 Å². The number of benzene rings is 1. The first kappa shape index (κ1) is 13.8. The maximum atomic E-state index is 12.5. The summed E-state index contributed by atoms with van der Waals surface area (Å²) < 4.78 is 0. The molecule has 3 aliphatic rings. The van der Waals surface area contributed by atoms with E-state index >= 15 is 0 Å². The van der Waals surface area contributed by atoms with Gasteiger partial charge >= 0.3 is 0 Å². The lowest BCUT2D eigenvalue weighted by Gasteiger charge is -2.24. The zero-order valence-corrected chi connectivity index (χ0v) is 12.7. The molecule has 116 valence electrons. The van der Waals surface area contributed by atoms with Crippen molar-refractivity contribution >= 4 is 17.5 Å². The SMILES string of the molecule is O=C(N[C@H]1C[C@H]2CC[C@H]1C2)[C@@H]1CC(=O)N(c2ccccc2)C1. The average molecular weight is 298 g/mol. The molecule has 1 aromatic carbocycles. The van der Waals surface area contributed by atoms with E-state index in [4.69, 9.17) is 0 Å². The third kappa shape index (κ3) is 2.40. The molecule has 0 radical (unpaired) electrons. The normalized spacial score (nSPS) is 33.5. The number of hydrogen-bond donors (Lipinski definition) is 1. The van der Waals surface area contributed by atoms with Crippen LogP contribution in [-0.2, 0) is 9.59 Å². The molecule has 1 N–H and O–H groups in total. The maximum absolute atomic E-state index is 12.5. The highest BCUT2D eigenvalue weighted by molar-refractivity contribution is 6.00. The standard InChI is InChI=1S/C18H22N2O2/c21-17-10-14(11-20(17)15-4-2-1-3-5-15)18(22)19-16-9-12-6-7-13(16)8-12/h1-5,12-14,16H,6-11H2,(H,19,22)/t12-,13-,14+,16-/m0/s1. The van der Waals surface area contributed by atoms with Crippen LogP contribution in [0.15, 0.2) is 30.3 Å². The van der Waals surface area contributed by atoms with Gasteiger partial charge in [-0.05, 0) is 43.2 Å². The molecule has 4 nitrogen and oxygen atoms in total. The summed E-state index contributed by atoms with van der Waals surface area (Å²) in [4.78, 5) is 26.5. The summed E-state index contributed by atoms with van der Waals surface area (Å²) in [5.41, 5.74) is 0.891. The van der Waals surface area contributed by atoms with Gasteiger partial charge in [0.15, 0.2) is 0 Å². The predicted molar refractivity (Wildman–Crippen MR) is 84.3 cm³/mol. The van der Waals surface area contributed by atoms with Gasteiger partial charge in [-0.15, -0.1) is 0 Å². The van der Waals surface area contributed by atoms with Crippen molar-refractivity contribution in [3.63, 3.8) is 0 Å². The van der Waals surface area contributed by atoms with Gasteiger partial charge in [0.05, 0.1) is 5.92 Å². The minimum atomic E-state index is -0.202. The summed E-state index contributed by atoms with van der Waals surface area (Å²) in [6.45, 7) is 0.509. The summed E-state index contributed by atoms with van der Waals surface area (Å²) in [6, 6.07) is 9.98. The third-order valence-corrected chi connectivity index (χ3v) is 5.63. The Morgan fingerprint density at radius 1 is 1.14 bits per heavy atom. The molecule has 22 heavy (non-hydrogen) atoms. The minimum Gasteiger partial charge on any atom is -0.353 e. The van der Waals surface area contributed by atoms with E-state index in [0.717, 1.165) is 18.0 Å². The summed E-state index contributed by atoms with van der Waals surface area (Å²) in [5.74, 6) is 1.42. The maximum Gasteiger partial charge on any atom is 0.227 e. The van der Waals surface area contributed by atoms with E-state index in [1.807, 2.05) is 30.3 Å². The molecule has 2 saturated carbocycles. The van der Waals surface area contributed by atoms with Crippen molar-refractivity contribution in [1.82, 2.24) is 5.32 Å². The lowest BCUT2D eigenvalue weighted by Crippen LogP contribution is -2.42. The van der Waals surface area contributed by atoms with E-state index in [-0.39, 0.29) is 17.7 Å². The fraction of sp³-hybridized carbons (Fsp3) is 0.556. The zero-order chi connectivity index (χ0) is 15.1. The fourth-order valence-corrected chi connectivity index (χ4v) is 4.46. The lowest BCUT2D eigenvalue weighted by molar-refractivity contribution is -0.127. The van der Waals surface area contributed by atoms with Gasteiger partial charge in [0.2, 0.25) is 11.8 Å².